The number of nitrogen functional groups attached to an aromatic ring is 1. The van der Waals surface area contributed by atoms with Gasteiger partial charge in [0, 0.05) is 0 Å². The summed E-state index contributed by atoms with van der Waals surface area (Å²) in [5, 5.41) is 0. The monoisotopic (exact) mass is 317 g/mol. The summed E-state index contributed by atoms with van der Waals surface area (Å²) in [4.78, 5) is 39.7. The van der Waals surface area contributed by atoms with Crippen molar-refractivity contribution >= 4 is 24.7 Å². The van der Waals surface area contributed by atoms with Gasteiger partial charge in [0.05, 0.1) is 12.9 Å². The van der Waals surface area contributed by atoms with E-state index in [4.69, 9.17) is 25.0 Å². The van der Waals surface area contributed by atoms with Crippen LogP contribution in [0.2, 0.25) is 0 Å². The molecule has 11 nitrogen and oxygen atoms in total. The summed E-state index contributed by atoms with van der Waals surface area (Å²) >= 11 is 0. The van der Waals surface area contributed by atoms with Gasteiger partial charge in [-0.25, -0.2) is 4.98 Å². The largest absolute Gasteiger partial charge is 0.369 e. The van der Waals surface area contributed by atoms with E-state index in [-0.39, 0.29) is 23.7 Å². The highest BCUT2D eigenvalue weighted by molar-refractivity contribution is 7.51. The van der Waals surface area contributed by atoms with Gasteiger partial charge >= 0.3 is 7.60 Å². The molecule has 0 aromatic carbocycles. The molecular formula is C9H12N5O6P. The first-order valence-electron chi connectivity index (χ1n) is 5.87. The maximum atomic E-state index is 11.7. The summed E-state index contributed by atoms with van der Waals surface area (Å²) in [6.45, 7) is 0.0461. The molecule has 0 spiro atoms. The van der Waals surface area contributed by atoms with Crippen molar-refractivity contribution in [2.75, 3.05) is 18.5 Å². The van der Waals surface area contributed by atoms with Crippen molar-refractivity contribution in [3.8, 4) is 0 Å². The molecule has 21 heavy (non-hydrogen) atoms. The lowest BCUT2D eigenvalue weighted by Crippen LogP contribution is -2.17. The number of fused-ring (bicyclic) bond motifs is 1. The van der Waals surface area contributed by atoms with Gasteiger partial charge in [-0.05, 0) is 0 Å². The summed E-state index contributed by atoms with van der Waals surface area (Å²) < 4.78 is 22.9. The van der Waals surface area contributed by atoms with Gasteiger partial charge in [-0.15, -0.1) is 0 Å². The van der Waals surface area contributed by atoms with E-state index in [9.17, 15) is 9.36 Å². The van der Waals surface area contributed by atoms with Gasteiger partial charge in [-0.2, -0.15) is 4.98 Å². The van der Waals surface area contributed by atoms with Gasteiger partial charge in [0.15, 0.2) is 23.7 Å². The number of nitrogens with zero attached hydrogens (tertiary/aromatic N) is 3. The maximum Gasteiger partial charge on any atom is 0.330 e. The lowest BCUT2D eigenvalue weighted by atomic mass is 10.5. The van der Waals surface area contributed by atoms with Crippen molar-refractivity contribution in [3.63, 3.8) is 0 Å². The normalized spacial score (nSPS) is 23.0. The van der Waals surface area contributed by atoms with Crippen LogP contribution in [0.1, 0.15) is 6.23 Å². The van der Waals surface area contributed by atoms with Crippen LogP contribution >= 0.6 is 7.60 Å². The molecule has 12 heteroatoms. The number of aromatic nitrogens is 4. The number of hydrogen-bond donors (Lipinski definition) is 4. The molecule has 1 fully saturated rings. The first kappa shape index (κ1) is 14.2. The molecule has 0 unspecified atom stereocenters. The molecule has 1 aliphatic heterocycles. The summed E-state index contributed by atoms with van der Waals surface area (Å²) in [6, 6.07) is 0. The number of aromatic amines is 1. The Morgan fingerprint density at radius 1 is 1.57 bits per heavy atom. The second-order valence-electron chi connectivity index (χ2n) is 4.48. The summed E-state index contributed by atoms with van der Waals surface area (Å²) in [5.41, 5.74) is 5.29. The Balaban J connectivity index is 1.89. The minimum absolute atomic E-state index is 0.0461. The van der Waals surface area contributed by atoms with E-state index in [1.54, 1.807) is 0 Å². The zero-order chi connectivity index (χ0) is 15.2. The van der Waals surface area contributed by atoms with Crippen molar-refractivity contribution in [2.24, 2.45) is 0 Å². The number of imidazole rings is 1. The molecule has 114 valence electrons. The van der Waals surface area contributed by atoms with Gasteiger partial charge in [-0.3, -0.25) is 18.9 Å². The van der Waals surface area contributed by atoms with Crippen molar-refractivity contribution in [1.82, 2.24) is 19.5 Å². The first-order chi connectivity index (χ1) is 9.83. The minimum atomic E-state index is -4.25. The fourth-order valence-corrected chi connectivity index (χ4v) is 2.61. The van der Waals surface area contributed by atoms with Crippen molar-refractivity contribution in [3.05, 3.63) is 16.7 Å². The van der Waals surface area contributed by atoms with Crippen molar-refractivity contribution in [2.45, 2.75) is 12.5 Å². The molecule has 3 heterocycles. The molecule has 0 bridgehead atoms. The van der Waals surface area contributed by atoms with Crippen LogP contribution in [0.3, 0.4) is 0 Å². The van der Waals surface area contributed by atoms with Crippen LogP contribution in [0.4, 0.5) is 5.95 Å². The molecular weight excluding hydrogens is 305 g/mol. The molecule has 0 amide bonds. The fourth-order valence-electron chi connectivity index (χ4n) is 2.03. The Morgan fingerprint density at radius 3 is 3.05 bits per heavy atom. The van der Waals surface area contributed by atoms with Crippen LogP contribution in [0, 0.1) is 0 Å². The zero-order valence-electron chi connectivity index (χ0n) is 10.5. The van der Waals surface area contributed by atoms with Gasteiger partial charge in [-0.1, -0.05) is 0 Å². The van der Waals surface area contributed by atoms with Crippen LogP contribution in [-0.2, 0) is 14.0 Å². The predicted molar refractivity (Wildman–Crippen MR) is 69.3 cm³/mol. The average Bonchev–Trinajstić information content (AvgIpc) is 2.93. The lowest BCUT2D eigenvalue weighted by molar-refractivity contribution is -0.0559. The Morgan fingerprint density at radius 2 is 2.33 bits per heavy atom. The molecule has 5 N–H and O–H groups in total. The highest BCUT2D eigenvalue weighted by Crippen LogP contribution is 2.38. The number of anilines is 1. The van der Waals surface area contributed by atoms with Crippen molar-refractivity contribution in [1.29, 1.82) is 0 Å². The second kappa shape index (κ2) is 4.90. The summed E-state index contributed by atoms with van der Waals surface area (Å²) in [5.74, 6) is -0.0695. The molecule has 0 saturated carbocycles. The Hall–Kier alpha value is -1.78. The number of nitrogens with one attached hydrogen (secondary N) is 1. The highest BCUT2D eigenvalue weighted by atomic mass is 31.2. The quantitative estimate of drug-likeness (QED) is 0.506. The van der Waals surface area contributed by atoms with E-state index in [0.29, 0.717) is 0 Å². The lowest BCUT2D eigenvalue weighted by Gasteiger charge is -2.13. The number of hydrogen-bond acceptors (Lipinski definition) is 7. The molecule has 2 atom stereocenters. The molecule has 0 radical (unpaired) electrons. The standard InChI is InChI=1S/C9H12N5O6P/c10-9-12-7-6(8(15)13-9)11-3-14(7)4-1-19-5(20-4)2-21(16,17)18/h3-5H,1-2H2,(H2,16,17,18)(H3,10,12,13,15)/t4-,5-/m1/s1. The van der Waals surface area contributed by atoms with Crippen LogP contribution in [0.25, 0.3) is 11.2 Å². The first-order valence-corrected chi connectivity index (χ1v) is 7.67. The van der Waals surface area contributed by atoms with E-state index in [0.717, 1.165) is 0 Å². The van der Waals surface area contributed by atoms with Crippen LogP contribution < -0.4 is 11.3 Å². The fraction of sp³-hybridized carbons (Fsp3) is 0.444. The summed E-state index contributed by atoms with van der Waals surface area (Å²) in [6.07, 6.45) is -0.945. The Kier molecular flexibility index (Phi) is 3.30. The Bertz CT molecular complexity index is 781. The molecule has 2 aromatic heterocycles. The minimum Gasteiger partial charge on any atom is -0.369 e. The van der Waals surface area contributed by atoms with Gasteiger partial charge in [0.25, 0.3) is 5.56 Å². The Labute approximate surface area is 116 Å². The van der Waals surface area contributed by atoms with E-state index < -0.39 is 31.8 Å². The third kappa shape index (κ3) is 2.82. The SMILES string of the molecule is Nc1nc2c(ncn2[C@H]2CO[C@@H](CP(=O)(O)O)O2)c(=O)[nH]1. The van der Waals surface area contributed by atoms with E-state index in [1.807, 2.05) is 0 Å². The second-order valence-corrected chi connectivity index (χ2v) is 6.17. The molecule has 1 saturated heterocycles. The van der Waals surface area contributed by atoms with E-state index >= 15 is 0 Å². The molecule has 0 aliphatic carbocycles. The van der Waals surface area contributed by atoms with Gasteiger partial charge in [0.1, 0.15) is 6.16 Å². The number of rotatable bonds is 3. The van der Waals surface area contributed by atoms with E-state index in [1.165, 1.54) is 10.9 Å². The predicted octanol–water partition coefficient (Wildman–Crippen LogP) is -1.25. The van der Waals surface area contributed by atoms with Gasteiger partial charge in [0.2, 0.25) is 5.95 Å². The van der Waals surface area contributed by atoms with Crippen LogP contribution in [0.15, 0.2) is 11.1 Å². The van der Waals surface area contributed by atoms with Crippen LogP contribution in [0.5, 0.6) is 0 Å². The topological polar surface area (TPSA) is 166 Å². The van der Waals surface area contributed by atoms with Crippen LogP contribution in [-0.4, -0.2) is 48.4 Å². The number of nitrogens with two attached hydrogens (primary N) is 1. The number of ether oxygens (including phenoxy) is 2. The zero-order valence-corrected chi connectivity index (χ0v) is 11.4. The molecule has 1 aliphatic rings. The van der Waals surface area contributed by atoms with E-state index in [2.05, 4.69) is 15.0 Å². The highest BCUT2D eigenvalue weighted by Gasteiger charge is 2.33. The molecule has 2 aromatic rings. The smallest absolute Gasteiger partial charge is 0.330 e. The third-order valence-electron chi connectivity index (χ3n) is 2.88. The molecule has 3 rings (SSSR count). The summed E-state index contributed by atoms with van der Waals surface area (Å²) in [7, 11) is -4.25. The average molecular weight is 317 g/mol. The third-order valence-corrected chi connectivity index (χ3v) is 3.66. The van der Waals surface area contributed by atoms with Gasteiger partial charge < -0.3 is 25.0 Å². The number of H-pyrrole nitrogens is 1. The maximum absolute atomic E-state index is 11.7. The van der Waals surface area contributed by atoms with Crippen molar-refractivity contribution < 1.29 is 23.8 Å².